The molecule has 12 heteroatoms. The van der Waals surface area contributed by atoms with E-state index in [0.717, 1.165) is 0 Å². The van der Waals surface area contributed by atoms with Gasteiger partial charge in [0.15, 0.2) is 0 Å². The molecule has 0 heterocycles. The summed E-state index contributed by atoms with van der Waals surface area (Å²) in [5.41, 5.74) is 5.34. The number of hydrogen-bond acceptors (Lipinski definition) is 7. The summed E-state index contributed by atoms with van der Waals surface area (Å²) in [6.07, 6.45) is 0. The van der Waals surface area contributed by atoms with Crippen LogP contribution in [0, 0.1) is 5.92 Å². The molecule has 0 aromatic rings. The van der Waals surface area contributed by atoms with Crippen molar-refractivity contribution in [2.45, 2.75) is 64.8 Å². The fraction of sp³-hybridized carbons (Fsp3) is 0.706. The van der Waals surface area contributed by atoms with E-state index in [1.54, 1.807) is 13.8 Å². The highest BCUT2D eigenvalue weighted by molar-refractivity contribution is 5.94. The van der Waals surface area contributed by atoms with Crippen LogP contribution in [0.4, 0.5) is 0 Å². The molecule has 0 spiro atoms. The second-order valence-electron chi connectivity index (χ2n) is 7.05. The topological polar surface area (TPSA) is 200 Å². The van der Waals surface area contributed by atoms with Crippen LogP contribution in [-0.2, 0) is 24.0 Å². The lowest BCUT2D eigenvalue weighted by atomic mass is 10.0. The number of aliphatic hydroxyl groups excluding tert-OH is 1. The highest BCUT2D eigenvalue weighted by atomic mass is 16.4. The van der Waals surface area contributed by atoms with E-state index in [2.05, 4.69) is 21.3 Å². The minimum Gasteiger partial charge on any atom is -0.480 e. The van der Waals surface area contributed by atoms with Crippen molar-refractivity contribution in [3.05, 3.63) is 0 Å². The van der Waals surface area contributed by atoms with E-state index in [4.69, 9.17) is 15.9 Å². The van der Waals surface area contributed by atoms with Gasteiger partial charge in [-0.05, 0) is 26.7 Å². The first kappa shape index (κ1) is 26.3. The lowest BCUT2D eigenvalue weighted by Gasteiger charge is -2.23. The van der Waals surface area contributed by atoms with Crippen molar-refractivity contribution in [3.63, 3.8) is 0 Å². The van der Waals surface area contributed by atoms with E-state index >= 15 is 0 Å². The van der Waals surface area contributed by atoms with E-state index in [0.29, 0.717) is 0 Å². The van der Waals surface area contributed by atoms with Gasteiger partial charge in [0.2, 0.25) is 23.6 Å². The highest BCUT2D eigenvalue weighted by Gasteiger charge is 2.28. The number of aliphatic hydroxyl groups is 1. The fourth-order valence-corrected chi connectivity index (χ4v) is 2.07. The van der Waals surface area contributed by atoms with Crippen molar-refractivity contribution in [2.24, 2.45) is 11.7 Å². The number of hydrogen-bond donors (Lipinski definition) is 7. The molecular formula is C17H31N5O7. The van der Waals surface area contributed by atoms with Gasteiger partial charge >= 0.3 is 5.97 Å². The lowest BCUT2D eigenvalue weighted by molar-refractivity contribution is -0.143. The van der Waals surface area contributed by atoms with Crippen LogP contribution < -0.4 is 27.0 Å². The molecule has 0 aromatic heterocycles. The standard InChI is InChI=1S/C17H31N5O7/c1-7(2)12(17(28)29)22-15(26)10(5)20-13(24)8(3)19-14(25)9(4)21-16(27)11(18)6-23/h7-12,23H,6,18H2,1-5H3,(H,19,25)(H,20,24)(H,21,27)(H,22,26)(H,28,29)/t8-,9-,10-,11-,12-/m0/s1. The summed E-state index contributed by atoms with van der Waals surface area (Å²) >= 11 is 0. The Morgan fingerprint density at radius 3 is 1.38 bits per heavy atom. The number of carbonyl (C=O) groups is 5. The predicted molar refractivity (Wildman–Crippen MR) is 102 cm³/mol. The maximum atomic E-state index is 12.2. The monoisotopic (exact) mass is 417 g/mol. The van der Waals surface area contributed by atoms with Crippen LogP contribution in [0.1, 0.15) is 34.6 Å². The molecule has 8 N–H and O–H groups in total. The Bertz CT molecular complexity index is 625. The molecule has 166 valence electrons. The van der Waals surface area contributed by atoms with Crippen molar-refractivity contribution in [3.8, 4) is 0 Å². The van der Waals surface area contributed by atoms with Gasteiger partial charge in [-0.3, -0.25) is 19.2 Å². The zero-order valence-corrected chi connectivity index (χ0v) is 17.2. The third-order valence-electron chi connectivity index (χ3n) is 4.02. The summed E-state index contributed by atoms with van der Waals surface area (Å²) in [6, 6.07) is -5.37. The third-order valence-corrected chi connectivity index (χ3v) is 4.02. The van der Waals surface area contributed by atoms with Crippen molar-refractivity contribution < 1.29 is 34.2 Å². The minimum atomic E-state index is -1.19. The number of carboxylic acids is 1. The Kier molecular flexibility index (Phi) is 10.8. The maximum Gasteiger partial charge on any atom is 0.326 e. The molecule has 5 atom stereocenters. The normalized spacial score (nSPS) is 16.0. The van der Waals surface area contributed by atoms with Crippen molar-refractivity contribution in [1.82, 2.24) is 21.3 Å². The fourth-order valence-electron chi connectivity index (χ4n) is 2.07. The molecule has 0 aliphatic heterocycles. The van der Waals surface area contributed by atoms with Gasteiger partial charge in [-0.15, -0.1) is 0 Å². The van der Waals surface area contributed by atoms with E-state index in [1.165, 1.54) is 20.8 Å². The summed E-state index contributed by atoms with van der Waals surface area (Å²) in [7, 11) is 0. The van der Waals surface area contributed by atoms with E-state index in [-0.39, 0.29) is 5.92 Å². The largest absolute Gasteiger partial charge is 0.480 e. The second-order valence-corrected chi connectivity index (χ2v) is 7.05. The van der Waals surface area contributed by atoms with Crippen LogP contribution in [-0.4, -0.2) is 76.6 Å². The molecule has 0 aliphatic carbocycles. The molecule has 0 unspecified atom stereocenters. The van der Waals surface area contributed by atoms with E-state index < -0.39 is 66.4 Å². The average molecular weight is 417 g/mol. The predicted octanol–water partition coefficient (Wildman–Crippen LogP) is -2.95. The molecule has 0 fully saturated rings. The molecular weight excluding hydrogens is 386 g/mol. The summed E-state index contributed by atoms with van der Waals surface area (Å²) in [6.45, 7) is 6.80. The Balaban J connectivity index is 4.68. The van der Waals surface area contributed by atoms with Gasteiger partial charge in [-0.2, -0.15) is 0 Å². The van der Waals surface area contributed by atoms with Gasteiger partial charge in [-0.1, -0.05) is 13.8 Å². The molecule has 29 heavy (non-hydrogen) atoms. The van der Waals surface area contributed by atoms with Gasteiger partial charge in [0.1, 0.15) is 30.2 Å². The van der Waals surface area contributed by atoms with E-state index in [1.807, 2.05) is 0 Å². The quantitative estimate of drug-likeness (QED) is 0.185. The number of nitrogens with two attached hydrogens (primary N) is 1. The molecule has 4 amide bonds. The average Bonchev–Trinajstić information content (AvgIpc) is 2.63. The van der Waals surface area contributed by atoms with Crippen molar-refractivity contribution in [1.29, 1.82) is 0 Å². The van der Waals surface area contributed by atoms with Crippen LogP contribution in [0.15, 0.2) is 0 Å². The van der Waals surface area contributed by atoms with Gasteiger partial charge in [0.25, 0.3) is 0 Å². The first-order chi connectivity index (χ1) is 13.3. The maximum absolute atomic E-state index is 12.2. The number of amides is 4. The van der Waals surface area contributed by atoms with Crippen molar-refractivity contribution >= 4 is 29.6 Å². The smallest absolute Gasteiger partial charge is 0.326 e. The van der Waals surface area contributed by atoms with Gasteiger partial charge in [-0.25, -0.2) is 4.79 Å². The Morgan fingerprint density at radius 2 is 1.07 bits per heavy atom. The first-order valence-corrected chi connectivity index (χ1v) is 9.12. The number of rotatable bonds is 11. The molecule has 0 saturated carbocycles. The zero-order valence-electron chi connectivity index (χ0n) is 17.2. The minimum absolute atomic E-state index is 0.354. The number of carboxylic acid groups (broad SMARTS) is 1. The number of aliphatic carboxylic acids is 1. The molecule has 0 saturated heterocycles. The summed E-state index contributed by atoms with van der Waals surface area (Å²) in [5, 5.41) is 27.3. The van der Waals surface area contributed by atoms with Gasteiger partial charge in [0, 0.05) is 0 Å². The molecule has 0 aromatic carbocycles. The molecule has 0 radical (unpaired) electrons. The molecule has 0 aliphatic rings. The van der Waals surface area contributed by atoms with Crippen LogP contribution in [0.2, 0.25) is 0 Å². The SMILES string of the molecule is CC(C)[C@H](NC(=O)[C@H](C)NC(=O)[C@H](C)NC(=O)[C@H](C)NC(=O)[C@@H](N)CO)C(=O)O. The number of carbonyl (C=O) groups excluding carboxylic acids is 4. The van der Waals surface area contributed by atoms with E-state index in [9.17, 15) is 24.0 Å². The van der Waals surface area contributed by atoms with Crippen LogP contribution in [0.3, 0.4) is 0 Å². The third kappa shape index (κ3) is 8.87. The number of nitrogens with one attached hydrogen (secondary N) is 4. The Morgan fingerprint density at radius 1 is 0.724 bits per heavy atom. The summed E-state index contributed by atoms with van der Waals surface area (Å²) < 4.78 is 0. The van der Waals surface area contributed by atoms with Crippen molar-refractivity contribution in [2.75, 3.05) is 6.61 Å². The Hall–Kier alpha value is -2.73. The van der Waals surface area contributed by atoms with Crippen LogP contribution in [0.25, 0.3) is 0 Å². The lowest BCUT2D eigenvalue weighted by Crippen LogP contribution is -2.57. The van der Waals surface area contributed by atoms with Gasteiger partial charge in [0.05, 0.1) is 6.61 Å². The summed E-state index contributed by atoms with van der Waals surface area (Å²) in [5.74, 6) is -4.30. The summed E-state index contributed by atoms with van der Waals surface area (Å²) in [4.78, 5) is 59.1. The molecule has 12 nitrogen and oxygen atoms in total. The zero-order chi connectivity index (χ0) is 22.9. The Labute approximate surface area is 169 Å². The molecule has 0 bridgehead atoms. The molecule has 0 rings (SSSR count). The van der Waals surface area contributed by atoms with Crippen LogP contribution in [0.5, 0.6) is 0 Å². The van der Waals surface area contributed by atoms with Crippen LogP contribution >= 0.6 is 0 Å². The van der Waals surface area contributed by atoms with Gasteiger partial charge < -0.3 is 37.2 Å². The second kappa shape index (κ2) is 12.0. The first-order valence-electron chi connectivity index (χ1n) is 9.12. The highest BCUT2D eigenvalue weighted by Crippen LogP contribution is 2.02.